The quantitative estimate of drug-likeness (QED) is 0.101. The second-order valence-corrected chi connectivity index (χ2v) is 26.9. The first-order valence-electron chi connectivity index (χ1n) is 30.3. The second-order valence-electron chi connectivity index (χ2n) is 23.1. The molecule has 0 radical (unpaired) electrons. The molecule has 0 bridgehead atoms. The number of fused-ring (bicyclic) bond motifs is 12. The van der Waals surface area contributed by atoms with Crippen molar-refractivity contribution in [3.8, 4) is 45.8 Å². The predicted octanol–water partition coefficient (Wildman–Crippen LogP) is 17.0. The van der Waals surface area contributed by atoms with Gasteiger partial charge in [0.2, 0.25) is 0 Å². The molecule has 0 unspecified atom stereocenters. The van der Waals surface area contributed by atoms with Gasteiger partial charge in [-0.2, -0.15) is 0 Å². The third kappa shape index (κ3) is 7.80. The van der Waals surface area contributed by atoms with E-state index in [9.17, 15) is 0 Å². The second kappa shape index (κ2) is 20.2. The lowest BCUT2D eigenvalue weighted by atomic mass is 10.1. The summed E-state index contributed by atoms with van der Waals surface area (Å²) in [4.78, 5) is 16.8. The third-order valence-corrected chi connectivity index (χ3v) is 23.2. The van der Waals surface area contributed by atoms with Crippen LogP contribution in [0.1, 0.15) is 0 Å². The summed E-state index contributed by atoms with van der Waals surface area (Å²) < 4.78 is 9.28. The van der Waals surface area contributed by atoms with Crippen LogP contribution < -0.4 is 20.7 Å². The number of hydrogen-bond acceptors (Lipinski definition) is 3. The van der Waals surface area contributed by atoms with Gasteiger partial charge in [0.15, 0.2) is 13.9 Å². The molecular weight excluding hydrogens is 1100 g/mol. The summed E-state index contributed by atoms with van der Waals surface area (Å²) in [7, 11) is -3.08. The summed E-state index contributed by atoms with van der Waals surface area (Å²) in [5.41, 5.74) is 11.9. The van der Waals surface area contributed by atoms with Gasteiger partial charge in [-0.15, -0.1) is 0 Å². The average molecular weight is 1150 g/mol. The molecule has 0 atom stereocenters. The van der Waals surface area contributed by atoms with Gasteiger partial charge in [0.1, 0.15) is 23.3 Å². The van der Waals surface area contributed by atoms with Crippen molar-refractivity contribution in [2.75, 3.05) is 0 Å². The van der Waals surface area contributed by atoms with Gasteiger partial charge in [-0.05, 0) is 92.5 Å². The topological polar surface area (TPSA) is 58.4 Å². The summed E-state index contributed by atoms with van der Waals surface area (Å²) in [5, 5.41) is 14.6. The summed E-state index contributed by atoms with van der Waals surface area (Å²) in [6.07, 6.45) is 0. The van der Waals surface area contributed by atoms with E-state index in [2.05, 4.69) is 340 Å². The fourth-order valence-electron chi connectivity index (χ4n) is 14.5. The van der Waals surface area contributed by atoms with Crippen molar-refractivity contribution in [2.45, 2.75) is 0 Å². The van der Waals surface area contributed by atoms with Crippen LogP contribution in [0.25, 0.3) is 133 Å². The van der Waals surface area contributed by atoms with Gasteiger partial charge in [-0.25, -0.2) is 15.0 Å². The normalized spacial score (nSPS) is 12.0. The minimum absolute atomic E-state index is 0.640. The number of benzene rings is 12. The van der Waals surface area contributed by atoms with Crippen molar-refractivity contribution in [2.24, 2.45) is 0 Å². The first-order valence-corrected chi connectivity index (χ1v) is 32.3. The van der Waals surface area contributed by atoms with Crippen LogP contribution in [0.2, 0.25) is 0 Å². The number of para-hydroxylation sites is 8. The monoisotopic (exact) mass is 1150 g/mol. The maximum Gasteiger partial charge on any atom is 0.179 e. The molecule has 0 saturated heterocycles. The van der Waals surface area contributed by atoms with E-state index < -0.39 is 8.07 Å². The van der Waals surface area contributed by atoms with Crippen LogP contribution in [-0.2, 0) is 0 Å². The number of rotatable bonds is 10. The molecule has 0 amide bonds. The van der Waals surface area contributed by atoms with Crippen LogP contribution >= 0.6 is 0 Å². The zero-order valence-corrected chi connectivity index (χ0v) is 49.2. The summed E-state index contributed by atoms with van der Waals surface area (Å²) in [6.45, 7) is 0. The molecule has 18 aromatic rings. The molecule has 0 aliphatic rings. The van der Waals surface area contributed by atoms with E-state index in [1.165, 1.54) is 63.8 Å². The molecule has 0 fully saturated rings. The summed E-state index contributed by atoms with van der Waals surface area (Å²) in [5.74, 6) is 3.94. The molecule has 0 aliphatic heterocycles. The van der Waals surface area contributed by atoms with E-state index in [1.807, 2.05) is 0 Å². The summed E-state index contributed by atoms with van der Waals surface area (Å²) >= 11 is 0. The van der Waals surface area contributed by atoms with Crippen molar-refractivity contribution >= 4 is 116 Å². The Hall–Kier alpha value is -11.7. The maximum atomic E-state index is 5.65. The molecule has 8 heteroatoms. The fourth-order valence-corrected chi connectivity index (χ4v) is 19.2. The van der Waals surface area contributed by atoms with E-state index in [0.29, 0.717) is 5.82 Å². The Morgan fingerprint density at radius 2 is 0.427 bits per heavy atom. The van der Waals surface area contributed by atoms with Crippen LogP contribution in [0.3, 0.4) is 0 Å². The van der Waals surface area contributed by atoms with Crippen LogP contribution in [0.4, 0.5) is 0 Å². The molecule has 12 aromatic carbocycles. The van der Waals surface area contributed by atoms with Crippen LogP contribution in [0, 0.1) is 0 Å². The lowest BCUT2D eigenvalue weighted by Crippen LogP contribution is -2.74. The zero-order chi connectivity index (χ0) is 58.6. The Morgan fingerprint density at radius 1 is 0.191 bits per heavy atom. The lowest BCUT2D eigenvalue weighted by Gasteiger charge is -2.34. The first-order chi connectivity index (χ1) is 44.2. The van der Waals surface area contributed by atoms with Gasteiger partial charge < -0.3 is 0 Å². The average Bonchev–Trinajstić information content (AvgIpc) is 1.53. The maximum absolute atomic E-state index is 5.65. The highest BCUT2D eigenvalue weighted by molar-refractivity contribution is 7.19. The summed E-state index contributed by atoms with van der Waals surface area (Å²) in [6, 6.07) is 117. The van der Waals surface area contributed by atoms with E-state index >= 15 is 0 Å². The molecule has 0 N–H and O–H groups in total. The molecule has 89 heavy (non-hydrogen) atoms. The van der Waals surface area contributed by atoms with Crippen molar-refractivity contribution in [3.63, 3.8) is 0 Å². The van der Waals surface area contributed by atoms with Crippen molar-refractivity contribution in [1.82, 2.24) is 33.2 Å². The van der Waals surface area contributed by atoms with Gasteiger partial charge in [0.25, 0.3) is 0 Å². The Kier molecular flexibility index (Phi) is 11.5. The molecule has 18 rings (SSSR count). The van der Waals surface area contributed by atoms with Crippen molar-refractivity contribution in [1.29, 1.82) is 0 Å². The minimum atomic E-state index is -3.08. The van der Waals surface area contributed by atoms with Crippen LogP contribution in [0.15, 0.2) is 322 Å². The Bertz CT molecular complexity index is 4960. The number of nitrogens with zero attached hydrogens (tertiary/aromatic N) is 7. The van der Waals surface area contributed by atoms with Gasteiger partial charge in [0.05, 0.1) is 44.1 Å². The first kappa shape index (κ1) is 50.6. The van der Waals surface area contributed by atoms with E-state index in [4.69, 9.17) is 15.0 Å². The van der Waals surface area contributed by atoms with Gasteiger partial charge >= 0.3 is 0 Å². The highest BCUT2D eigenvalue weighted by atomic mass is 28.3. The van der Waals surface area contributed by atoms with E-state index in [-0.39, 0.29) is 0 Å². The highest BCUT2D eigenvalue weighted by Gasteiger charge is 2.41. The Morgan fingerprint density at radius 3 is 0.719 bits per heavy atom. The smallest absolute Gasteiger partial charge is 0.179 e. The third-order valence-electron chi connectivity index (χ3n) is 18.4. The van der Waals surface area contributed by atoms with Crippen LogP contribution in [-0.4, -0.2) is 41.3 Å². The largest absolute Gasteiger partial charge is 0.294 e. The Labute approximate surface area is 513 Å². The van der Waals surface area contributed by atoms with Gasteiger partial charge in [0, 0.05) is 54.7 Å². The predicted molar refractivity (Wildman–Crippen MR) is 372 cm³/mol. The number of hydrogen-bond donors (Lipinski definition) is 0. The standard InChI is InChI=1S/C81H53N7Si/c1-3-23-57(24-4-1)89(58-25-5-2-6-26-58,59-47-43-54(44-48-59)56-51-77(85-69-35-15-7-27-61(69)62-28-8-16-36-70(62)85)82-78(52-56)86-71-37-17-9-29-63(71)64-30-10-18-38-72(64)86)60-49-45-55(46-50-60)81-83-79(87-73-39-19-11-31-65(73)66-32-12-20-40-74(66)87)53-80(84-81)88-75-41-21-13-33-67(75)68-34-14-22-42-76(68)88/h1-53H. The SMILES string of the molecule is c1ccc([Si](c2ccccc2)(c2ccc(-c3cc(-n4c5ccccc5c5ccccc54)nc(-n4c5ccccc5c5ccccc54)c3)cc2)c2ccc(-c3nc(-n4c5ccccc5c5ccccc54)cc(-n4c5ccccc5c5ccccc54)n3)cc2)cc1. The number of aromatic nitrogens is 7. The van der Waals surface area contributed by atoms with E-state index in [0.717, 1.165) is 84.1 Å². The van der Waals surface area contributed by atoms with Gasteiger partial charge in [-0.1, -0.05) is 255 Å². The molecule has 0 aliphatic carbocycles. The van der Waals surface area contributed by atoms with E-state index in [1.54, 1.807) is 0 Å². The molecule has 7 nitrogen and oxygen atoms in total. The molecule has 0 saturated carbocycles. The van der Waals surface area contributed by atoms with Gasteiger partial charge in [-0.3, -0.25) is 18.3 Å². The van der Waals surface area contributed by atoms with Crippen LogP contribution in [0.5, 0.6) is 0 Å². The molecule has 416 valence electrons. The highest BCUT2D eigenvalue weighted by Crippen LogP contribution is 2.39. The zero-order valence-electron chi connectivity index (χ0n) is 48.2. The molecular formula is C81H53N7Si. The molecule has 6 heterocycles. The Balaban J connectivity index is 0.825. The molecule has 0 spiro atoms. The minimum Gasteiger partial charge on any atom is -0.294 e. The lowest BCUT2D eigenvalue weighted by molar-refractivity contribution is 0.994. The molecule has 6 aromatic heterocycles. The number of pyridine rings is 1. The van der Waals surface area contributed by atoms with Crippen molar-refractivity contribution < 1.29 is 0 Å². The van der Waals surface area contributed by atoms with Crippen molar-refractivity contribution in [3.05, 3.63) is 322 Å². The fraction of sp³-hybridized carbons (Fsp3) is 0.